The van der Waals surface area contributed by atoms with Crippen LogP contribution >= 0.6 is 23.2 Å². The lowest BCUT2D eigenvalue weighted by Crippen LogP contribution is -2.44. The minimum absolute atomic E-state index is 0.0927. The maximum Gasteiger partial charge on any atom is 0.410 e. The van der Waals surface area contributed by atoms with Gasteiger partial charge in [-0.1, -0.05) is 23.2 Å². The molecule has 1 aliphatic heterocycles. The lowest BCUT2D eigenvalue weighted by atomic mass is 10.1. The molecule has 2 N–H and O–H groups in total. The van der Waals surface area contributed by atoms with Gasteiger partial charge in [0.2, 0.25) is 0 Å². The van der Waals surface area contributed by atoms with Gasteiger partial charge in [-0.25, -0.2) is 9.78 Å². The summed E-state index contributed by atoms with van der Waals surface area (Å²) >= 11 is 12.1. The SMILES string of the molecule is CC(C)Oc1ccc(C(=O)Nc2ccc(Cl)cc2C(=O)Nc2ccc(Cl)cn2)c(OC2CCN(C(=O)OC(C)(C)C)CC2)c1. The van der Waals surface area contributed by atoms with Gasteiger partial charge < -0.3 is 29.7 Å². The van der Waals surface area contributed by atoms with Crippen LogP contribution in [-0.2, 0) is 4.74 Å². The van der Waals surface area contributed by atoms with Gasteiger partial charge in [0.05, 0.1) is 27.9 Å². The number of nitrogens with one attached hydrogen (secondary N) is 2. The first-order chi connectivity index (χ1) is 20.8. The first-order valence-corrected chi connectivity index (χ1v) is 15.0. The summed E-state index contributed by atoms with van der Waals surface area (Å²) in [5, 5.41) is 6.25. The number of amides is 3. The lowest BCUT2D eigenvalue weighted by molar-refractivity contribution is 0.0126. The molecule has 1 fully saturated rings. The molecule has 0 bridgehead atoms. The minimum Gasteiger partial charge on any atom is -0.491 e. The van der Waals surface area contributed by atoms with Crippen LogP contribution in [-0.4, -0.2) is 58.7 Å². The van der Waals surface area contributed by atoms with E-state index in [0.29, 0.717) is 47.5 Å². The zero-order valence-electron chi connectivity index (χ0n) is 25.3. The summed E-state index contributed by atoms with van der Waals surface area (Å²) in [6.07, 6.45) is 1.81. The Bertz CT molecular complexity index is 1500. The molecule has 2 heterocycles. The summed E-state index contributed by atoms with van der Waals surface area (Å²) < 4.78 is 17.7. The van der Waals surface area contributed by atoms with Crippen molar-refractivity contribution in [1.29, 1.82) is 0 Å². The van der Waals surface area contributed by atoms with E-state index in [2.05, 4.69) is 15.6 Å². The van der Waals surface area contributed by atoms with Gasteiger partial charge in [-0.15, -0.1) is 0 Å². The first-order valence-electron chi connectivity index (χ1n) is 14.3. The average Bonchev–Trinajstić information content (AvgIpc) is 2.94. The number of piperidine rings is 1. The van der Waals surface area contributed by atoms with E-state index in [1.54, 1.807) is 47.4 Å². The van der Waals surface area contributed by atoms with Crippen molar-refractivity contribution in [2.45, 2.75) is 65.3 Å². The standard InChI is InChI=1S/C32H36Cl2N4O6/c1-19(2)42-23-8-9-24(27(17-23)43-22-12-14-38(15-13-22)31(41)44-32(3,4)5)29(39)36-26-10-6-20(33)16-25(26)30(40)37-28-11-7-21(34)18-35-28/h6-11,16-19,22H,12-15H2,1-5H3,(H,36,39)(H,35,37,40). The Morgan fingerprint density at radius 2 is 1.59 bits per heavy atom. The molecule has 2 aromatic carbocycles. The Morgan fingerprint density at radius 3 is 2.23 bits per heavy atom. The monoisotopic (exact) mass is 642 g/mol. The van der Waals surface area contributed by atoms with Crippen molar-refractivity contribution in [2.24, 2.45) is 0 Å². The number of halogens is 2. The van der Waals surface area contributed by atoms with Crippen LogP contribution in [0.15, 0.2) is 54.7 Å². The predicted molar refractivity (Wildman–Crippen MR) is 170 cm³/mol. The number of rotatable bonds is 8. The number of ether oxygens (including phenoxy) is 3. The quantitative estimate of drug-likeness (QED) is 0.262. The number of likely N-dealkylation sites (tertiary alicyclic amines) is 1. The highest BCUT2D eigenvalue weighted by molar-refractivity contribution is 6.31. The van der Waals surface area contributed by atoms with Gasteiger partial charge in [0.25, 0.3) is 11.8 Å². The molecule has 0 spiro atoms. The van der Waals surface area contributed by atoms with Crippen molar-refractivity contribution in [3.63, 3.8) is 0 Å². The molecule has 234 valence electrons. The summed E-state index contributed by atoms with van der Waals surface area (Å²) in [5.74, 6) is 0.127. The Balaban J connectivity index is 1.53. The third-order valence-corrected chi connectivity index (χ3v) is 6.86. The molecule has 3 aromatic rings. The molecule has 0 saturated carbocycles. The zero-order valence-corrected chi connectivity index (χ0v) is 26.8. The molecule has 44 heavy (non-hydrogen) atoms. The number of nitrogens with zero attached hydrogens (tertiary/aromatic N) is 2. The van der Waals surface area contributed by atoms with E-state index in [-0.39, 0.29) is 40.9 Å². The van der Waals surface area contributed by atoms with Crippen LogP contribution in [0.4, 0.5) is 16.3 Å². The summed E-state index contributed by atoms with van der Waals surface area (Å²) in [4.78, 5) is 45.0. The van der Waals surface area contributed by atoms with Gasteiger partial charge in [0.15, 0.2) is 0 Å². The van der Waals surface area contributed by atoms with E-state index in [1.807, 2.05) is 34.6 Å². The highest BCUT2D eigenvalue weighted by Gasteiger charge is 2.29. The largest absolute Gasteiger partial charge is 0.491 e. The van der Waals surface area contributed by atoms with Gasteiger partial charge in [-0.2, -0.15) is 0 Å². The predicted octanol–water partition coefficient (Wildman–Crippen LogP) is 7.46. The lowest BCUT2D eigenvalue weighted by Gasteiger charge is -2.33. The number of carbonyl (C=O) groups excluding carboxylic acids is 3. The normalized spacial score (nSPS) is 13.8. The number of carbonyl (C=O) groups is 3. The second kappa shape index (κ2) is 14.2. The van der Waals surface area contributed by atoms with E-state index in [4.69, 9.17) is 37.4 Å². The number of anilines is 2. The molecule has 1 saturated heterocycles. The number of benzene rings is 2. The third kappa shape index (κ3) is 9.24. The van der Waals surface area contributed by atoms with Crippen LogP contribution in [0, 0.1) is 0 Å². The van der Waals surface area contributed by atoms with Crippen molar-refractivity contribution in [2.75, 3.05) is 23.7 Å². The van der Waals surface area contributed by atoms with Crippen LogP contribution in [0.5, 0.6) is 11.5 Å². The third-order valence-electron chi connectivity index (χ3n) is 6.40. The number of pyridine rings is 1. The molecular weight excluding hydrogens is 607 g/mol. The number of hydrogen-bond donors (Lipinski definition) is 2. The summed E-state index contributed by atoms with van der Waals surface area (Å²) in [6, 6.07) is 12.7. The highest BCUT2D eigenvalue weighted by Crippen LogP contribution is 2.31. The van der Waals surface area contributed by atoms with Gasteiger partial charge in [0, 0.05) is 43.2 Å². The fourth-order valence-electron chi connectivity index (χ4n) is 4.43. The smallest absolute Gasteiger partial charge is 0.410 e. The van der Waals surface area contributed by atoms with E-state index in [9.17, 15) is 14.4 Å². The highest BCUT2D eigenvalue weighted by atomic mass is 35.5. The molecule has 1 aromatic heterocycles. The topological polar surface area (TPSA) is 119 Å². The molecule has 0 aliphatic carbocycles. The molecule has 0 unspecified atom stereocenters. The molecule has 3 amide bonds. The maximum absolute atomic E-state index is 13.6. The van der Waals surface area contributed by atoms with Crippen molar-refractivity contribution >= 4 is 52.6 Å². The number of aromatic nitrogens is 1. The summed E-state index contributed by atoms with van der Waals surface area (Å²) in [5.41, 5.74) is 0.0432. The molecule has 10 nitrogen and oxygen atoms in total. The Labute approximate surface area is 267 Å². The fourth-order valence-corrected chi connectivity index (χ4v) is 4.72. The molecule has 12 heteroatoms. The van der Waals surface area contributed by atoms with E-state index in [1.165, 1.54) is 12.3 Å². The van der Waals surface area contributed by atoms with Crippen molar-refractivity contribution in [1.82, 2.24) is 9.88 Å². The van der Waals surface area contributed by atoms with Crippen LogP contribution in [0.1, 0.15) is 68.2 Å². The van der Waals surface area contributed by atoms with Crippen molar-refractivity contribution in [3.8, 4) is 11.5 Å². The van der Waals surface area contributed by atoms with Crippen molar-refractivity contribution < 1.29 is 28.6 Å². The van der Waals surface area contributed by atoms with Crippen LogP contribution in [0.25, 0.3) is 0 Å². The van der Waals surface area contributed by atoms with Gasteiger partial charge in [-0.05, 0) is 77.1 Å². The van der Waals surface area contributed by atoms with E-state index >= 15 is 0 Å². The second-order valence-corrected chi connectivity index (χ2v) is 12.4. The summed E-state index contributed by atoms with van der Waals surface area (Å²) in [6.45, 7) is 10.2. The minimum atomic E-state index is -0.582. The maximum atomic E-state index is 13.6. The molecule has 0 atom stereocenters. The Kier molecular flexibility index (Phi) is 10.6. The van der Waals surface area contributed by atoms with Crippen LogP contribution in [0.3, 0.4) is 0 Å². The average molecular weight is 644 g/mol. The van der Waals surface area contributed by atoms with Gasteiger partial charge >= 0.3 is 6.09 Å². The Hall–Kier alpha value is -4.02. The van der Waals surface area contributed by atoms with Crippen LogP contribution < -0.4 is 20.1 Å². The zero-order chi connectivity index (χ0) is 32.0. The number of hydrogen-bond acceptors (Lipinski definition) is 7. The fraction of sp³-hybridized carbons (Fsp3) is 0.375. The summed E-state index contributed by atoms with van der Waals surface area (Å²) in [7, 11) is 0. The van der Waals surface area contributed by atoms with Crippen molar-refractivity contribution in [3.05, 3.63) is 75.9 Å². The van der Waals surface area contributed by atoms with Gasteiger partial charge in [-0.3, -0.25) is 9.59 Å². The molecular formula is C32H36Cl2N4O6. The molecule has 0 radical (unpaired) electrons. The van der Waals surface area contributed by atoms with Gasteiger partial charge in [0.1, 0.15) is 29.0 Å². The molecule has 1 aliphatic rings. The second-order valence-electron chi connectivity index (χ2n) is 11.6. The van der Waals surface area contributed by atoms with E-state index in [0.717, 1.165) is 0 Å². The van der Waals surface area contributed by atoms with E-state index < -0.39 is 17.4 Å². The Morgan fingerprint density at radius 1 is 0.909 bits per heavy atom. The molecule has 4 rings (SSSR count). The first kappa shape index (κ1) is 32.9. The van der Waals surface area contributed by atoms with Crippen LogP contribution in [0.2, 0.25) is 10.0 Å².